The quantitative estimate of drug-likeness (QED) is 0.672. The lowest BCUT2D eigenvalue weighted by atomic mass is 10.6. The zero-order chi connectivity index (χ0) is 8.27. The van der Waals surface area contributed by atoms with E-state index >= 15 is 0 Å². The largest absolute Gasteiger partial charge is 0.376 e. The fraction of sp³-hybridized carbons (Fsp3) is 0.333. The van der Waals surface area contributed by atoms with Crippen LogP contribution in [0.4, 0.5) is 0 Å². The highest BCUT2D eigenvalue weighted by atomic mass is 32.1. The molecule has 0 radical (unpaired) electrons. The van der Waals surface area contributed by atoms with E-state index in [1.165, 1.54) is 0 Å². The number of aromatic nitrogens is 1. The van der Waals surface area contributed by atoms with Gasteiger partial charge in [0.2, 0.25) is 0 Å². The number of thiazole rings is 1. The van der Waals surface area contributed by atoms with Crippen LogP contribution in [0.1, 0.15) is 10.7 Å². The molecule has 0 atom stereocenters. The molecule has 1 aromatic heterocycles. The lowest BCUT2D eigenvalue weighted by Crippen LogP contribution is -2.28. The second-order valence-corrected chi connectivity index (χ2v) is 3.48. The molecule has 0 aliphatic heterocycles. The standard InChI is InChI=1S/C6H9N3S2/c1-4-3-11-5(9-4)2-8-6(7)10/h3H,2H2,1H3,(H3,7,8,10). The van der Waals surface area contributed by atoms with Crippen LogP contribution in [0.15, 0.2) is 5.38 Å². The molecule has 0 bridgehead atoms. The van der Waals surface area contributed by atoms with E-state index in [4.69, 9.17) is 5.73 Å². The summed E-state index contributed by atoms with van der Waals surface area (Å²) in [5.41, 5.74) is 6.28. The van der Waals surface area contributed by atoms with Crippen LogP contribution in [0.3, 0.4) is 0 Å². The molecule has 1 aromatic rings. The topological polar surface area (TPSA) is 50.9 Å². The third-order valence-corrected chi connectivity index (χ3v) is 2.19. The van der Waals surface area contributed by atoms with Gasteiger partial charge in [-0.05, 0) is 19.1 Å². The lowest BCUT2D eigenvalue weighted by Gasteiger charge is -1.97. The molecular weight excluding hydrogens is 178 g/mol. The van der Waals surface area contributed by atoms with E-state index in [2.05, 4.69) is 22.5 Å². The SMILES string of the molecule is Cc1csc(CNC(N)=S)n1. The van der Waals surface area contributed by atoms with Crippen LogP contribution in [-0.4, -0.2) is 10.1 Å². The maximum atomic E-state index is 5.24. The summed E-state index contributed by atoms with van der Waals surface area (Å²) in [5, 5.41) is 6.16. The minimum absolute atomic E-state index is 0.317. The average molecular weight is 187 g/mol. The van der Waals surface area contributed by atoms with Gasteiger partial charge in [0, 0.05) is 11.1 Å². The van der Waals surface area contributed by atoms with E-state index in [0.717, 1.165) is 10.7 Å². The maximum Gasteiger partial charge on any atom is 0.163 e. The van der Waals surface area contributed by atoms with Crippen LogP contribution in [0, 0.1) is 6.92 Å². The highest BCUT2D eigenvalue weighted by Crippen LogP contribution is 2.07. The zero-order valence-corrected chi connectivity index (χ0v) is 7.76. The van der Waals surface area contributed by atoms with E-state index in [-0.39, 0.29) is 0 Å². The van der Waals surface area contributed by atoms with Gasteiger partial charge >= 0.3 is 0 Å². The summed E-state index contributed by atoms with van der Waals surface area (Å²) < 4.78 is 0. The van der Waals surface area contributed by atoms with Crippen LogP contribution < -0.4 is 11.1 Å². The molecule has 11 heavy (non-hydrogen) atoms. The van der Waals surface area contributed by atoms with E-state index in [1.54, 1.807) is 11.3 Å². The number of nitrogens with zero attached hydrogens (tertiary/aromatic N) is 1. The van der Waals surface area contributed by atoms with Gasteiger partial charge in [0.25, 0.3) is 0 Å². The van der Waals surface area contributed by atoms with Crippen molar-refractivity contribution in [2.24, 2.45) is 5.73 Å². The van der Waals surface area contributed by atoms with Crippen LogP contribution in [0.2, 0.25) is 0 Å². The second-order valence-electron chi connectivity index (χ2n) is 2.10. The molecule has 0 fully saturated rings. The first-order chi connectivity index (χ1) is 5.18. The van der Waals surface area contributed by atoms with Crippen molar-refractivity contribution >= 4 is 28.7 Å². The lowest BCUT2D eigenvalue weighted by molar-refractivity contribution is 0.900. The summed E-state index contributed by atoms with van der Waals surface area (Å²) in [5.74, 6) is 0. The van der Waals surface area contributed by atoms with Gasteiger partial charge in [-0.3, -0.25) is 0 Å². The molecule has 3 nitrogen and oxygen atoms in total. The van der Waals surface area contributed by atoms with Crippen molar-refractivity contribution in [1.82, 2.24) is 10.3 Å². The number of nitrogens with one attached hydrogen (secondary N) is 1. The third-order valence-electron chi connectivity index (χ3n) is 1.08. The van der Waals surface area contributed by atoms with Crippen molar-refractivity contribution in [2.75, 3.05) is 0 Å². The van der Waals surface area contributed by atoms with Gasteiger partial charge in [0.05, 0.1) is 6.54 Å². The van der Waals surface area contributed by atoms with E-state index in [9.17, 15) is 0 Å². The Morgan fingerprint density at radius 1 is 1.91 bits per heavy atom. The predicted octanol–water partition coefficient (Wildman–Crippen LogP) is 0.785. The normalized spacial score (nSPS) is 9.55. The highest BCUT2D eigenvalue weighted by molar-refractivity contribution is 7.80. The van der Waals surface area contributed by atoms with Crippen LogP contribution in [-0.2, 0) is 6.54 Å². The molecule has 0 spiro atoms. The molecule has 0 unspecified atom stereocenters. The Balaban J connectivity index is 2.45. The fourth-order valence-electron chi connectivity index (χ4n) is 0.647. The maximum absolute atomic E-state index is 5.24. The molecule has 60 valence electrons. The van der Waals surface area contributed by atoms with E-state index in [1.807, 2.05) is 12.3 Å². The first-order valence-electron chi connectivity index (χ1n) is 3.13. The molecule has 0 aromatic carbocycles. The summed E-state index contributed by atoms with van der Waals surface area (Å²) in [4.78, 5) is 4.22. The molecule has 1 rings (SSSR count). The number of rotatable bonds is 2. The summed E-state index contributed by atoms with van der Waals surface area (Å²) in [6.45, 7) is 2.59. The van der Waals surface area contributed by atoms with Crippen molar-refractivity contribution in [1.29, 1.82) is 0 Å². The molecule has 1 heterocycles. The Bertz CT molecular complexity index is 256. The van der Waals surface area contributed by atoms with Crippen molar-refractivity contribution < 1.29 is 0 Å². The van der Waals surface area contributed by atoms with Gasteiger partial charge in [-0.1, -0.05) is 0 Å². The average Bonchev–Trinajstić information content (AvgIpc) is 2.31. The number of hydrogen-bond acceptors (Lipinski definition) is 3. The van der Waals surface area contributed by atoms with Gasteiger partial charge in [0.15, 0.2) is 5.11 Å². The number of aryl methyl sites for hydroxylation is 1. The zero-order valence-electron chi connectivity index (χ0n) is 6.13. The van der Waals surface area contributed by atoms with Gasteiger partial charge in [0.1, 0.15) is 5.01 Å². The minimum Gasteiger partial charge on any atom is -0.376 e. The Hall–Kier alpha value is -0.680. The van der Waals surface area contributed by atoms with Crippen molar-refractivity contribution in [3.63, 3.8) is 0 Å². The Labute approximate surface area is 74.6 Å². The Morgan fingerprint density at radius 3 is 3.09 bits per heavy atom. The minimum atomic E-state index is 0.317. The van der Waals surface area contributed by atoms with E-state index in [0.29, 0.717) is 11.7 Å². The second kappa shape index (κ2) is 3.64. The summed E-state index contributed by atoms with van der Waals surface area (Å²) in [6.07, 6.45) is 0. The van der Waals surface area contributed by atoms with Gasteiger partial charge in [-0.2, -0.15) is 0 Å². The van der Waals surface area contributed by atoms with Crippen molar-refractivity contribution in [3.05, 3.63) is 16.1 Å². The van der Waals surface area contributed by atoms with Crippen molar-refractivity contribution in [3.8, 4) is 0 Å². The van der Waals surface area contributed by atoms with Crippen molar-refractivity contribution in [2.45, 2.75) is 13.5 Å². The van der Waals surface area contributed by atoms with Crippen LogP contribution in [0.25, 0.3) is 0 Å². The summed E-state index contributed by atoms with van der Waals surface area (Å²) in [6, 6.07) is 0. The van der Waals surface area contributed by atoms with E-state index < -0.39 is 0 Å². The third kappa shape index (κ3) is 2.81. The Kier molecular flexibility index (Phi) is 2.78. The van der Waals surface area contributed by atoms with Gasteiger partial charge in [-0.25, -0.2) is 4.98 Å². The van der Waals surface area contributed by atoms with Gasteiger partial charge < -0.3 is 11.1 Å². The molecule has 0 saturated heterocycles. The number of hydrogen-bond donors (Lipinski definition) is 2. The molecule has 0 aliphatic rings. The first kappa shape index (κ1) is 8.42. The molecule has 5 heteroatoms. The summed E-state index contributed by atoms with van der Waals surface area (Å²) >= 11 is 6.25. The molecular formula is C6H9N3S2. The number of thiocarbonyl (C=S) groups is 1. The van der Waals surface area contributed by atoms with Gasteiger partial charge in [-0.15, -0.1) is 11.3 Å². The summed E-state index contributed by atoms with van der Waals surface area (Å²) in [7, 11) is 0. The Morgan fingerprint density at radius 2 is 2.64 bits per heavy atom. The fourth-order valence-corrected chi connectivity index (χ4v) is 1.43. The molecule has 0 amide bonds. The molecule has 0 saturated carbocycles. The van der Waals surface area contributed by atoms with Crippen LogP contribution in [0.5, 0.6) is 0 Å². The van der Waals surface area contributed by atoms with Crippen LogP contribution >= 0.6 is 23.6 Å². The first-order valence-corrected chi connectivity index (χ1v) is 4.41. The number of nitrogens with two attached hydrogens (primary N) is 1. The predicted molar refractivity (Wildman–Crippen MR) is 50.5 cm³/mol. The monoisotopic (exact) mass is 187 g/mol. The highest BCUT2D eigenvalue weighted by Gasteiger charge is 1.96. The molecule has 3 N–H and O–H groups in total. The molecule has 0 aliphatic carbocycles. The smallest absolute Gasteiger partial charge is 0.163 e.